The second kappa shape index (κ2) is 12.7. The first-order chi connectivity index (χ1) is 18.3. The fourth-order valence-electron chi connectivity index (χ4n) is 4.29. The molecule has 39 heavy (non-hydrogen) atoms. The van der Waals surface area contributed by atoms with Crippen LogP contribution in [0.2, 0.25) is 0 Å². The highest BCUT2D eigenvalue weighted by Gasteiger charge is 2.38. The van der Waals surface area contributed by atoms with E-state index in [4.69, 9.17) is 9.90 Å². The van der Waals surface area contributed by atoms with Crippen LogP contribution in [0.3, 0.4) is 0 Å². The zero-order valence-electron chi connectivity index (χ0n) is 21.2. The number of nitrogens with one attached hydrogen (secondary N) is 1. The average molecular weight is 589 g/mol. The fraction of sp³-hybridized carbons (Fsp3) is 0.360. The minimum absolute atomic E-state index is 0.191. The largest absolute Gasteiger partial charge is 0.490 e. The summed E-state index contributed by atoms with van der Waals surface area (Å²) in [5, 5.41) is 8.69. The van der Waals surface area contributed by atoms with E-state index in [1.165, 1.54) is 34.5 Å². The van der Waals surface area contributed by atoms with Gasteiger partial charge in [0.05, 0.1) is 5.51 Å². The number of aliphatic carboxylic acids is 1. The Morgan fingerprint density at radius 2 is 1.92 bits per heavy atom. The highest BCUT2D eigenvalue weighted by Crippen LogP contribution is 2.31. The molecule has 14 heteroatoms. The van der Waals surface area contributed by atoms with Crippen LogP contribution in [0.1, 0.15) is 24.5 Å². The van der Waals surface area contributed by atoms with E-state index in [2.05, 4.69) is 31.6 Å². The van der Waals surface area contributed by atoms with Gasteiger partial charge in [-0.2, -0.15) is 13.2 Å². The predicted octanol–water partition coefficient (Wildman–Crippen LogP) is 5.13. The predicted molar refractivity (Wildman–Crippen MR) is 141 cm³/mol. The molecule has 1 aliphatic heterocycles. The number of likely N-dealkylation sites (N-methyl/N-ethyl adjacent to an activating group) is 1. The van der Waals surface area contributed by atoms with Crippen molar-refractivity contribution >= 4 is 38.8 Å². The Morgan fingerprint density at radius 1 is 1.26 bits per heavy atom. The summed E-state index contributed by atoms with van der Waals surface area (Å²) < 4.78 is 74.5. The molecule has 0 radical (unpaired) electrons. The normalized spacial score (nSPS) is 15.9. The van der Waals surface area contributed by atoms with Crippen LogP contribution in [-0.2, 0) is 21.4 Å². The number of carbonyl (C=O) groups is 1. The number of benzene rings is 2. The van der Waals surface area contributed by atoms with E-state index in [9.17, 15) is 21.6 Å². The molecule has 0 saturated carbocycles. The molecule has 1 fully saturated rings. The zero-order chi connectivity index (χ0) is 28.8. The van der Waals surface area contributed by atoms with Gasteiger partial charge in [-0.25, -0.2) is 22.6 Å². The highest BCUT2D eigenvalue weighted by atomic mass is 32.2. The smallest absolute Gasteiger partial charge is 0.475 e. The molecule has 1 atom stereocenters. The Labute approximate surface area is 228 Å². The van der Waals surface area contributed by atoms with Gasteiger partial charge in [0.25, 0.3) is 10.0 Å². The van der Waals surface area contributed by atoms with E-state index in [1.54, 1.807) is 5.38 Å². The third-order valence-electron chi connectivity index (χ3n) is 6.04. The van der Waals surface area contributed by atoms with Crippen molar-refractivity contribution in [2.45, 2.75) is 43.9 Å². The number of likely N-dealkylation sites (tertiary alicyclic amines) is 1. The van der Waals surface area contributed by atoms with Crippen LogP contribution in [0.5, 0.6) is 0 Å². The monoisotopic (exact) mass is 588 g/mol. The molecule has 2 N–H and O–H groups in total. The number of thiazole rings is 1. The van der Waals surface area contributed by atoms with Crippen LogP contribution >= 0.6 is 11.3 Å². The maximum absolute atomic E-state index is 15.0. The lowest BCUT2D eigenvalue weighted by Crippen LogP contribution is -2.38. The van der Waals surface area contributed by atoms with Gasteiger partial charge in [0.1, 0.15) is 10.7 Å². The van der Waals surface area contributed by atoms with E-state index < -0.39 is 28.0 Å². The van der Waals surface area contributed by atoms with E-state index in [0.717, 1.165) is 37.3 Å². The second-order valence-electron chi connectivity index (χ2n) is 8.80. The van der Waals surface area contributed by atoms with Crippen LogP contribution in [0, 0.1) is 12.7 Å². The van der Waals surface area contributed by atoms with Gasteiger partial charge in [0, 0.05) is 43.3 Å². The minimum atomic E-state index is -5.08. The number of nitrogens with zero attached hydrogens (tertiary/aromatic N) is 3. The van der Waals surface area contributed by atoms with Gasteiger partial charge in [-0.15, -0.1) is 11.3 Å². The van der Waals surface area contributed by atoms with Crippen LogP contribution in [0.4, 0.5) is 29.1 Å². The summed E-state index contributed by atoms with van der Waals surface area (Å²) in [5.41, 5.74) is 4.27. The first-order valence-corrected chi connectivity index (χ1v) is 14.3. The summed E-state index contributed by atoms with van der Waals surface area (Å²) in [6, 6.07) is 13.4. The van der Waals surface area contributed by atoms with Crippen molar-refractivity contribution < 1.29 is 35.9 Å². The number of aryl methyl sites for hydroxylation is 1. The average Bonchev–Trinajstić information content (AvgIpc) is 3.54. The van der Waals surface area contributed by atoms with Crippen LogP contribution < -0.4 is 9.62 Å². The number of hydrogen-bond donors (Lipinski definition) is 2. The van der Waals surface area contributed by atoms with Crippen molar-refractivity contribution in [1.29, 1.82) is 0 Å². The van der Waals surface area contributed by atoms with Gasteiger partial charge in [-0.05, 0) is 43.5 Å². The van der Waals surface area contributed by atoms with Gasteiger partial charge in [0.15, 0.2) is 5.82 Å². The summed E-state index contributed by atoms with van der Waals surface area (Å²) >= 11 is 1.26. The third kappa shape index (κ3) is 8.13. The number of halogens is 4. The number of anilines is 2. The molecule has 212 valence electrons. The van der Waals surface area contributed by atoms with Crippen molar-refractivity contribution in [3.8, 4) is 0 Å². The van der Waals surface area contributed by atoms with Gasteiger partial charge >= 0.3 is 12.1 Å². The van der Waals surface area contributed by atoms with Crippen molar-refractivity contribution in [3.05, 3.63) is 70.3 Å². The van der Waals surface area contributed by atoms with Crippen molar-refractivity contribution in [1.82, 2.24) is 9.88 Å². The molecule has 4 rings (SSSR count). The first kappa shape index (κ1) is 30.3. The summed E-state index contributed by atoms with van der Waals surface area (Å²) in [6.45, 7) is 7.34. The summed E-state index contributed by atoms with van der Waals surface area (Å²) in [4.78, 5) is 17.1. The van der Waals surface area contributed by atoms with E-state index >= 15 is 4.39 Å². The molecule has 8 nitrogen and oxygen atoms in total. The molecule has 0 unspecified atom stereocenters. The number of hydrogen-bond acceptors (Lipinski definition) is 7. The van der Waals surface area contributed by atoms with Crippen LogP contribution in [-0.4, -0.2) is 61.2 Å². The Balaban J connectivity index is 0.000000532. The molecule has 1 aromatic heterocycles. The lowest BCUT2D eigenvalue weighted by molar-refractivity contribution is -0.192. The number of carboxylic acids is 1. The molecule has 0 spiro atoms. The van der Waals surface area contributed by atoms with E-state index in [0.29, 0.717) is 6.54 Å². The lowest BCUT2D eigenvalue weighted by atomic mass is 10.1. The Hall–Kier alpha value is -3.23. The molecule has 0 bridgehead atoms. The van der Waals surface area contributed by atoms with E-state index in [-0.39, 0.29) is 16.8 Å². The highest BCUT2D eigenvalue weighted by molar-refractivity contribution is 7.92. The molecule has 0 aliphatic carbocycles. The summed E-state index contributed by atoms with van der Waals surface area (Å²) in [6.07, 6.45) is -4.10. The number of aromatic nitrogens is 1. The second-order valence-corrected chi connectivity index (χ2v) is 11.2. The lowest BCUT2D eigenvalue weighted by Gasteiger charge is -2.32. The molecular weight excluding hydrogens is 560 g/mol. The quantitative estimate of drug-likeness (QED) is 0.352. The van der Waals surface area contributed by atoms with E-state index in [1.807, 2.05) is 32.0 Å². The first-order valence-electron chi connectivity index (χ1n) is 11.9. The van der Waals surface area contributed by atoms with Crippen LogP contribution in [0.15, 0.2) is 58.3 Å². The molecule has 1 aliphatic rings. The Morgan fingerprint density at radius 3 is 2.49 bits per heavy atom. The van der Waals surface area contributed by atoms with Crippen molar-refractivity contribution in [2.75, 3.05) is 29.3 Å². The maximum Gasteiger partial charge on any atom is 0.490 e. The summed E-state index contributed by atoms with van der Waals surface area (Å²) in [5.74, 6) is -3.32. The van der Waals surface area contributed by atoms with Gasteiger partial charge in [0.2, 0.25) is 0 Å². The van der Waals surface area contributed by atoms with Crippen molar-refractivity contribution in [2.24, 2.45) is 0 Å². The zero-order valence-corrected chi connectivity index (χ0v) is 22.8. The van der Waals surface area contributed by atoms with Crippen LogP contribution in [0.25, 0.3) is 0 Å². The van der Waals surface area contributed by atoms with Crippen molar-refractivity contribution in [3.63, 3.8) is 0 Å². The Bertz CT molecular complexity index is 1350. The van der Waals surface area contributed by atoms with Gasteiger partial charge < -0.3 is 10.0 Å². The molecule has 1 saturated heterocycles. The van der Waals surface area contributed by atoms with Gasteiger partial charge in [-0.1, -0.05) is 30.3 Å². The number of carboxylic acid groups (broad SMARTS) is 1. The number of sulfonamides is 1. The topological polar surface area (TPSA) is 103 Å². The molecular formula is C25H28F4N4O4S2. The summed E-state index contributed by atoms with van der Waals surface area (Å²) in [7, 11) is -4.06. The molecule has 0 amide bonds. The minimum Gasteiger partial charge on any atom is -0.475 e. The standard InChI is InChI=1S/C23H27FN4O2S2.C2HF3O2/c1-3-28(19-9-10-27(14-19)13-18-7-5-4-6-8-18)21-12-20(24)22(11-17(21)2)32(29,30)26-23-15-31-16-25-23;3-2(4,5)1(6)7/h4-8,11-12,15-16,19,26H,3,9-10,13-14H2,1-2H3;(H,6,7)/t19-;/m0./s1. The molecule has 3 aromatic rings. The number of rotatable bonds is 8. The fourth-order valence-corrected chi connectivity index (χ4v) is 6.00. The maximum atomic E-state index is 15.0. The third-order valence-corrected chi connectivity index (χ3v) is 8.00. The van der Waals surface area contributed by atoms with Gasteiger partial charge in [-0.3, -0.25) is 9.62 Å². The number of alkyl halides is 3. The molecule has 2 heterocycles. The molecule has 2 aromatic carbocycles. The Kier molecular flexibility index (Phi) is 9.91. The SMILES string of the molecule is CCN(c1cc(F)c(S(=O)(=O)Nc2cscn2)cc1C)[C@H]1CCN(Cc2ccccc2)C1.O=C(O)C(F)(F)F.